The van der Waals surface area contributed by atoms with E-state index < -0.39 is 23.5 Å². The van der Waals surface area contributed by atoms with Crippen LogP contribution in [-0.4, -0.2) is 37.0 Å². The van der Waals surface area contributed by atoms with Crippen LogP contribution in [0.15, 0.2) is 27.4 Å². The number of hydrogen-bond acceptors (Lipinski definition) is 7. The van der Waals surface area contributed by atoms with Gasteiger partial charge in [-0.2, -0.15) is 0 Å². The number of rotatable bonds is 5. The van der Waals surface area contributed by atoms with Crippen molar-refractivity contribution in [3.05, 3.63) is 34.3 Å². The molecule has 0 bridgehead atoms. The largest absolute Gasteiger partial charge is 0.493 e. The standard InChI is InChI=1S/C14H13ClN2O6/c1-21-8-5-3-4-7-12(8)23-14(20)11(16-7)10(13(19)22-2)17-9(18)6-15/h3-5,10H,6H2,1-2H3,(H,17,18). The Bertz CT molecular complexity index is 803. The van der Waals surface area contributed by atoms with Crippen LogP contribution in [0, 0.1) is 0 Å². The van der Waals surface area contributed by atoms with Crippen molar-refractivity contribution in [1.29, 1.82) is 0 Å². The quantitative estimate of drug-likeness (QED) is 0.632. The zero-order valence-corrected chi connectivity index (χ0v) is 13.0. The number of amides is 1. The van der Waals surface area contributed by atoms with Gasteiger partial charge in [0.15, 0.2) is 23.1 Å². The fourth-order valence-electron chi connectivity index (χ4n) is 1.91. The van der Waals surface area contributed by atoms with Crippen molar-refractivity contribution in [1.82, 2.24) is 10.3 Å². The van der Waals surface area contributed by atoms with Gasteiger partial charge in [0.05, 0.1) is 14.2 Å². The van der Waals surface area contributed by atoms with E-state index in [1.807, 2.05) is 0 Å². The average molecular weight is 341 g/mol. The van der Waals surface area contributed by atoms with Gasteiger partial charge in [-0.3, -0.25) is 4.79 Å². The summed E-state index contributed by atoms with van der Waals surface area (Å²) in [6.07, 6.45) is 0. The summed E-state index contributed by atoms with van der Waals surface area (Å²) in [6, 6.07) is 3.39. The highest BCUT2D eigenvalue weighted by Crippen LogP contribution is 2.23. The number of nitrogens with zero attached hydrogens (tertiary/aromatic N) is 1. The van der Waals surface area contributed by atoms with Gasteiger partial charge in [0.1, 0.15) is 11.4 Å². The Hall–Kier alpha value is -2.61. The lowest BCUT2D eigenvalue weighted by Crippen LogP contribution is -2.38. The number of aromatic nitrogens is 1. The van der Waals surface area contributed by atoms with Crippen molar-refractivity contribution in [2.75, 3.05) is 20.1 Å². The fraction of sp³-hybridized carbons (Fsp3) is 0.286. The summed E-state index contributed by atoms with van der Waals surface area (Å²) in [5.74, 6) is -1.60. The van der Waals surface area contributed by atoms with Crippen molar-refractivity contribution >= 4 is 34.6 Å². The molecule has 1 aromatic heterocycles. The molecule has 23 heavy (non-hydrogen) atoms. The van der Waals surface area contributed by atoms with E-state index in [2.05, 4.69) is 15.0 Å². The Morgan fingerprint density at radius 1 is 1.39 bits per heavy atom. The average Bonchev–Trinajstić information content (AvgIpc) is 2.57. The van der Waals surface area contributed by atoms with Crippen LogP contribution < -0.4 is 15.7 Å². The maximum Gasteiger partial charge on any atom is 0.361 e. The highest BCUT2D eigenvalue weighted by atomic mass is 35.5. The molecule has 122 valence electrons. The van der Waals surface area contributed by atoms with Crippen LogP contribution in [0.4, 0.5) is 0 Å². The summed E-state index contributed by atoms with van der Waals surface area (Å²) in [7, 11) is 2.54. The van der Waals surface area contributed by atoms with E-state index in [-0.39, 0.29) is 22.7 Å². The molecule has 2 rings (SSSR count). The molecular formula is C14H13ClN2O6. The first-order chi connectivity index (χ1) is 11.0. The van der Waals surface area contributed by atoms with Crippen LogP contribution in [0.3, 0.4) is 0 Å². The number of fused-ring (bicyclic) bond motifs is 1. The molecule has 1 aromatic carbocycles. The van der Waals surface area contributed by atoms with Gasteiger partial charge < -0.3 is 19.2 Å². The molecule has 1 atom stereocenters. The van der Waals surface area contributed by atoms with Gasteiger partial charge in [0.25, 0.3) is 0 Å². The van der Waals surface area contributed by atoms with Gasteiger partial charge in [-0.15, -0.1) is 11.6 Å². The minimum Gasteiger partial charge on any atom is -0.493 e. The second-order valence-corrected chi connectivity index (χ2v) is 4.62. The third-order valence-electron chi connectivity index (χ3n) is 2.96. The number of halogens is 1. The van der Waals surface area contributed by atoms with Gasteiger partial charge in [-0.25, -0.2) is 14.6 Å². The first-order valence-electron chi connectivity index (χ1n) is 6.42. The van der Waals surface area contributed by atoms with Crippen LogP contribution in [0.2, 0.25) is 0 Å². The molecule has 9 heteroatoms. The van der Waals surface area contributed by atoms with Crippen LogP contribution in [0.25, 0.3) is 11.1 Å². The first kappa shape index (κ1) is 16.8. The number of carbonyl (C=O) groups excluding carboxylic acids is 2. The molecular weight excluding hydrogens is 328 g/mol. The Morgan fingerprint density at radius 3 is 2.74 bits per heavy atom. The second-order valence-electron chi connectivity index (χ2n) is 4.35. The number of benzene rings is 1. The lowest BCUT2D eigenvalue weighted by molar-refractivity contribution is -0.145. The molecule has 1 heterocycles. The second kappa shape index (κ2) is 7.10. The molecule has 0 radical (unpaired) electrons. The maximum absolute atomic E-state index is 12.2. The van der Waals surface area contributed by atoms with E-state index >= 15 is 0 Å². The molecule has 0 spiro atoms. The number of esters is 1. The van der Waals surface area contributed by atoms with Gasteiger partial charge in [0, 0.05) is 0 Å². The van der Waals surface area contributed by atoms with Gasteiger partial charge >= 0.3 is 11.6 Å². The summed E-state index contributed by atoms with van der Waals surface area (Å²) in [6.45, 7) is 0. The fourth-order valence-corrected chi connectivity index (χ4v) is 1.99. The molecule has 0 aliphatic carbocycles. The SMILES string of the molecule is COC(=O)C(NC(=O)CCl)c1nc2cccc(OC)c2oc1=O. The lowest BCUT2D eigenvalue weighted by atomic mass is 10.2. The topological polar surface area (TPSA) is 108 Å². The van der Waals surface area contributed by atoms with Gasteiger partial charge in [-0.05, 0) is 12.1 Å². The van der Waals surface area contributed by atoms with Crippen molar-refractivity contribution in [2.45, 2.75) is 6.04 Å². The van der Waals surface area contributed by atoms with Crippen molar-refractivity contribution in [2.24, 2.45) is 0 Å². The first-order valence-corrected chi connectivity index (χ1v) is 6.96. The number of methoxy groups -OCH3 is 2. The van der Waals surface area contributed by atoms with E-state index in [0.717, 1.165) is 7.11 Å². The minimum absolute atomic E-state index is 0.135. The van der Waals surface area contributed by atoms with Crippen molar-refractivity contribution < 1.29 is 23.5 Å². The molecule has 8 nitrogen and oxygen atoms in total. The van der Waals surface area contributed by atoms with Crippen LogP contribution in [0.1, 0.15) is 11.7 Å². The maximum atomic E-state index is 12.2. The lowest BCUT2D eigenvalue weighted by Gasteiger charge is -2.14. The molecule has 0 saturated carbocycles. The molecule has 1 N–H and O–H groups in total. The highest BCUT2D eigenvalue weighted by Gasteiger charge is 2.29. The van der Waals surface area contributed by atoms with E-state index in [4.69, 9.17) is 20.8 Å². The number of nitrogens with one attached hydrogen (secondary N) is 1. The van der Waals surface area contributed by atoms with E-state index in [1.54, 1.807) is 18.2 Å². The molecule has 2 aromatic rings. The monoisotopic (exact) mass is 340 g/mol. The zero-order valence-electron chi connectivity index (χ0n) is 12.3. The van der Waals surface area contributed by atoms with Gasteiger partial charge in [0.2, 0.25) is 5.91 Å². The molecule has 0 fully saturated rings. The Kier molecular flexibility index (Phi) is 5.17. The summed E-state index contributed by atoms with van der Waals surface area (Å²) >= 11 is 5.40. The number of hydrogen-bond donors (Lipinski definition) is 1. The minimum atomic E-state index is -1.42. The Labute approximate surface area is 135 Å². The smallest absolute Gasteiger partial charge is 0.361 e. The van der Waals surface area contributed by atoms with E-state index in [1.165, 1.54) is 7.11 Å². The number of carbonyl (C=O) groups is 2. The summed E-state index contributed by atoms with van der Waals surface area (Å²) in [5, 5.41) is 2.27. The van der Waals surface area contributed by atoms with Gasteiger partial charge in [-0.1, -0.05) is 6.07 Å². The molecule has 0 aliphatic heterocycles. The number of ether oxygens (including phenoxy) is 2. The Morgan fingerprint density at radius 2 is 2.13 bits per heavy atom. The summed E-state index contributed by atoms with van der Waals surface area (Å²) in [5.41, 5.74) is -0.785. The summed E-state index contributed by atoms with van der Waals surface area (Å²) in [4.78, 5) is 39.6. The highest BCUT2D eigenvalue weighted by molar-refractivity contribution is 6.27. The Balaban J connectivity index is 2.59. The van der Waals surface area contributed by atoms with Crippen LogP contribution >= 0.6 is 11.6 Å². The van der Waals surface area contributed by atoms with Crippen LogP contribution in [-0.2, 0) is 14.3 Å². The predicted octanol–water partition coefficient (Wildman–Crippen LogP) is 0.766. The third-order valence-corrected chi connectivity index (χ3v) is 3.20. The predicted molar refractivity (Wildman–Crippen MR) is 80.5 cm³/mol. The van der Waals surface area contributed by atoms with E-state index in [0.29, 0.717) is 5.75 Å². The molecule has 1 amide bonds. The summed E-state index contributed by atoms with van der Waals surface area (Å²) < 4.78 is 14.8. The normalized spacial score (nSPS) is 11.8. The third kappa shape index (κ3) is 3.42. The molecule has 0 saturated heterocycles. The van der Waals surface area contributed by atoms with Crippen molar-refractivity contribution in [3.8, 4) is 5.75 Å². The van der Waals surface area contributed by atoms with E-state index in [9.17, 15) is 14.4 Å². The van der Waals surface area contributed by atoms with Crippen molar-refractivity contribution in [3.63, 3.8) is 0 Å². The number of alkyl halides is 1. The number of para-hydroxylation sites is 1. The molecule has 0 aliphatic rings. The molecule has 1 unspecified atom stereocenters. The van der Waals surface area contributed by atoms with Crippen LogP contribution in [0.5, 0.6) is 5.75 Å². The zero-order chi connectivity index (χ0) is 17.0.